The summed E-state index contributed by atoms with van der Waals surface area (Å²) in [6.45, 7) is 1.45. The molecule has 108 valence electrons. The van der Waals surface area contributed by atoms with Crippen molar-refractivity contribution in [2.24, 2.45) is 0 Å². The molecule has 0 unspecified atom stereocenters. The van der Waals surface area contributed by atoms with Crippen molar-refractivity contribution in [1.29, 1.82) is 0 Å². The van der Waals surface area contributed by atoms with Crippen LogP contribution in [0.1, 0.15) is 36.0 Å². The molecule has 0 aliphatic carbocycles. The number of rotatable bonds is 2. The molecule has 1 aromatic rings. The summed E-state index contributed by atoms with van der Waals surface area (Å²) < 4.78 is 0. The predicted molar refractivity (Wildman–Crippen MR) is 77.5 cm³/mol. The molecule has 1 fully saturated rings. The number of nitrogens with zero attached hydrogens (tertiary/aromatic N) is 1. The van der Waals surface area contributed by atoms with E-state index in [9.17, 15) is 9.59 Å². The first-order valence-corrected chi connectivity index (χ1v) is 7.04. The predicted octanol–water partition coefficient (Wildman–Crippen LogP) is 3.45. The molecule has 6 heteroatoms. The fourth-order valence-corrected chi connectivity index (χ4v) is 2.39. The Labute approximate surface area is 122 Å². The number of nitrogens with one attached hydrogen (secondary N) is 1. The third-order valence-electron chi connectivity index (χ3n) is 3.35. The summed E-state index contributed by atoms with van der Waals surface area (Å²) in [5, 5.41) is 12.0. The Morgan fingerprint density at radius 1 is 1.15 bits per heavy atom. The summed E-state index contributed by atoms with van der Waals surface area (Å²) in [7, 11) is 0. The fourth-order valence-electron chi connectivity index (χ4n) is 2.22. The van der Waals surface area contributed by atoms with Gasteiger partial charge >= 0.3 is 12.0 Å². The van der Waals surface area contributed by atoms with E-state index < -0.39 is 5.97 Å². The monoisotopic (exact) mass is 296 g/mol. The molecule has 1 aliphatic rings. The van der Waals surface area contributed by atoms with Gasteiger partial charge < -0.3 is 15.3 Å². The zero-order valence-corrected chi connectivity index (χ0v) is 11.8. The van der Waals surface area contributed by atoms with E-state index in [-0.39, 0.29) is 11.6 Å². The quantitative estimate of drug-likeness (QED) is 0.878. The number of halogens is 1. The Kier molecular flexibility index (Phi) is 4.84. The summed E-state index contributed by atoms with van der Waals surface area (Å²) in [6, 6.07) is 4.03. The summed E-state index contributed by atoms with van der Waals surface area (Å²) in [6.07, 6.45) is 4.27. The van der Waals surface area contributed by atoms with Crippen LogP contribution in [0, 0.1) is 0 Å². The SMILES string of the molecule is O=C(O)c1ccc(Cl)c(NC(=O)N2CCCCCC2)c1. The molecule has 5 nitrogen and oxygen atoms in total. The molecular formula is C14H17ClN2O3. The van der Waals surface area contributed by atoms with Gasteiger partial charge in [-0.3, -0.25) is 0 Å². The van der Waals surface area contributed by atoms with E-state index in [0.29, 0.717) is 10.7 Å². The zero-order valence-electron chi connectivity index (χ0n) is 11.1. The van der Waals surface area contributed by atoms with Gasteiger partial charge in [0.25, 0.3) is 0 Å². The maximum absolute atomic E-state index is 12.2. The molecule has 0 saturated carbocycles. The highest BCUT2D eigenvalue weighted by Crippen LogP contribution is 2.24. The summed E-state index contributed by atoms with van der Waals surface area (Å²) in [4.78, 5) is 24.8. The summed E-state index contributed by atoms with van der Waals surface area (Å²) >= 11 is 5.99. The summed E-state index contributed by atoms with van der Waals surface area (Å²) in [5.74, 6) is -1.05. The van der Waals surface area contributed by atoms with Crippen LogP contribution in [0.3, 0.4) is 0 Å². The van der Waals surface area contributed by atoms with Crippen LogP contribution in [0.5, 0.6) is 0 Å². The minimum atomic E-state index is -1.05. The summed E-state index contributed by atoms with van der Waals surface area (Å²) in [5.41, 5.74) is 0.432. The molecule has 0 aromatic heterocycles. The highest BCUT2D eigenvalue weighted by Gasteiger charge is 2.17. The Balaban J connectivity index is 2.10. The van der Waals surface area contributed by atoms with Crippen LogP contribution in [-0.4, -0.2) is 35.1 Å². The van der Waals surface area contributed by atoms with E-state index in [4.69, 9.17) is 16.7 Å². The number of anilines is 1. The molecule has 1 aromatic carbocycles. The first-order chi connectivity index (χ1) is 9.58. The van der Waals surface area contributed by atoms with Crippen molar-refractivity contribution in [1.82, 2.24) is 4.90 Å². The van der Waals surface area contributed by atoms with Crippen molar-refractivity contribution in [2.45, 2.75) is 25.7 Å². The van der Waals surface area contributed by atoms with Crippen molar-refractivity contribution in [2.75, 3.05) is 18.4 Å². The molecule has 0 bridgehead atoms. The number of carbonyl (C=O) groups is 2. The lowest BCUT2D eigenvalue weighted by Gasteiger charge is -2.21. The Hall–Kier alpha value is -1.75. The topological polar surface area (TPSA) is 69.6 Å². The van der Waals surface area contributed by atoms with E-state index in [1.165, 1.54) is 18.2 Å². The molecule has 1 heterocycles. The zero-order chi connectivity index (χ0) is 14.5. The Morgan fingerprint density at radius 2 is 1.80 bits per heavy atom. The minimum absolute atomic E-state index is 0.0977. The highest BCUT2D eigenvalue weighted by atomic mass is 35.5. The Bertz CT molecular complexity index is 511. The number of likely N-dealkylation sites (tertiary alicyclic amines) is 1. The molecule has 0 spiro atoms. The average Bonchev–Trinajstić information content (AvgIpc) is 2.70. The lowest BCUT2D eigenvalue weighted by atomic mass is 10.2. The third-order valence-corrected chi connectivity index (χ3v) is 3.68. The molecule has 20 heavy (non-hydrogen) atoms. The van der Waals surface area contributed by atoms with Crippen LogP contribution < -0.4 is 5.32 Å². The molecule has 1 saturated heterocycles. The number of carbonyl (C=O) groups excluding carboxylic acids is 1. The lowest BCUT2D eigenvalue weighted by molar-refractivity contribution is 0.0697. The third kappa shape index (κ3) is 3.63. The first-order valence-electron chi connectivity index (χ1n) is 6.66. The Morgan fingerprint density at radius 3 is 2.40 bits per heavy atom. The average molecular weight is 297 g/mol. The maximum atomic E-state index is 12.2. The van der Waals surface area contributed by atoms with E-state index >= 15 is 0 Å². The number of amides is 2. The lowest BCUT2D eigenvalue weighted by Crippen LogP contribution is -2.35. The highest BCUT2D eigenvalue weighted by molar-refractivity contribution is 6.33. The largest absolute Gasteiger partial charge is 0.478 e. The number of aromatic carboxylic acids is 1. The number of hydrogen-bond acceptors (Lipinski definition) is 2. The van der Waals surface area contributed by atoms with Gasteiger partial charge in [0, 0.05) is 13.1 Å². The second kappa shape index (κ2) is 6.61. The molecule has 2 amide bonds. The van der Waals surface area contributed by atoms with Crippen molar-refractivity contribution in [3.8, 4) is 0 Å². The van der Waals surface area contributed by atoms with Crippen molar-refractivity contribution in [3.63, 3.8) is 0 Å². The van der Waals surface area contributed by atoms with Gasteiger partial charge in [0.15, 0.2) is 0 Å². The van der Waals surface area contributed by atoms with Crippen LogP contribution in [-0.2, 0) is 0 Å². The molecular weight excluding hydrogens is 280 g/mol. The van der Waals surface area contributed by atoms with Crippen LogP contribution in [0.2, 0.25) is 5.02 Å². The van der Waals surface area contributed by atoms with Crippen molar-refractivity contribution < 1.29 is 14.7 Å². The fraction of sp³-hybridized carbons (Fsp3) is 0.429. The van der Waals surface area contributed by atoms with Gasteiger partial charge in [0.2, 0.25) is 0 Å². The van der Waals surface area contributed by atoms with Crippen molar-refractivity contribution in [3.05, 3.63) is 28.8 Å². The maximum Gasteiger partial charge on any atom is 0.335 e. The van der Waals surface area contributed by atoms with Gasteiger partial charge in [-0.1, -0.05) is 24.4 Å². The van der Waals surface area contributed by atoms with Gasteiger partial charge in [-0.25, -0.2) is 9.59 Å². The molecule has 1 aliphatic heterocycles. The number of urea groups is 1. The molecule has 0 radical (unpaired) electrons. The standard InChI is InChI=1S/C14H17ClN2O3/c15-11-6-5-10(13(18)19)9-12(11)16-14(20)17-7-3-1-2-4-8-17/h5-6,9H,1-4,7-8H2,(H,16,20)(H,18,19). The van der Waals surface area contributed by atoms with E-state index in [1.54, 1.807) is 4.90 Å². The molecule has 2 N–H and O–H groups in total. The van der Waals surface area contributed by atoms with Gasteiger partial charge in [-0.15, -0.1) is 0 Å². The van der Waals surface area contributed by atoms with Crippen LogP contribution in [0.4, 0.5) is 10.5 Å². The normalized spacial score (nSPS) is 15.6. The van der Waals surface area contributed by atoms with E-state index in [0.717, 1.165) is 38.8 Å². The molecule has 0 atom stereocenters. The second-order valence-corrected chi connectivity index (χ2v) is 5.24. The number of benzene rings is 1. The number of hydrogen-bond donors (Lipinski definition) is 2. The van der Waals surface area contributed by atoms with Gasteiger partial charge in [-0.2, -0.15) is 0 Å². The number of carboxylic acid groups (broad SMARTS) is 1. The molecule has 2 rings (SSSR count). The number of carboxylic acids is 1. The van der Waals surface area contributed by atoms with Gasteiger partial charge in [-0.05, 0) is 31.0 Å². The van der Waals surface area contributed by atoms with E-state index in [1.807, 2.05) is 0 Å². The van der Waals surface area contributed by atoms with Crippen LogP contribution in [0.15, 0.2) is 18.2 Å². The minimum Gasteiger partial charge on any atom is -0.478 e. The van der Waals surface area contributed by atoms with Crippen LogP contribution in [0.25, 0.3) is 0 Å². The van der Waals surface area contributed by atoms with E-state index in [2.05, 4.69) is 5.32 Å². The van der Waals surface area contributed by atoms with Gasteiger partial charge in [0.05, 0.1) is 16.3 Å². The first kappa shape index (κ1) is 14.7. The van der Waals surface area contributed by atoms with Gasteiger partial charge in [0.1, 0.15) is 0 Å². The van der Waals surface area contributed by atoms with Crippen LogP contribution >= 0.6 is 11.6 Å². The van der Waals surface area contributed by atoms with Crippen molar-refractivity contribution >= 4 is 29.3 Å². The second-order valence-electron chi connectivity index (χ2n) is 4.83. The smallest absolute Gasteiger partial charge is 0.335 e.